The monoisotopic (exact) mass is 376 g/mol. The van der Waals surface area contributed by atoms with Gasteiger partial charge in [0.1, 0.15) is 0 Å². The molecule has 0 aliphatic heterocycles. The number of oxazole rings is 1. The summed E-state index contributed by atoms with van der Waals surface area (Å²) < 4.78 is 5.21. The molecule has 0 spiro atoms. The van der Waals surface area contributed by atoms with Gasteiger partial charge in [-0.2, -0.15) is 0 Å². The summed E-state index contributed by atoms with van der Waals surface area (Å²) in [5.74, 6) is 0.752. The summed E-state index contributed by atoms with van der Waals surface area (Å²) in [7, 11) is 0. The fourth-order valence-electron chi connectivity index (χ4n) is 4.18. The van der Waals surface area contributed by atoms with E-state index in [1.54, 1.807) is 0 Å². The molecule has 1 heterocycles. The van der Waals surface area contributed by atoms with Crippen LogP contribution in [0.1, 0.15) is 56.1 Å². The Morgan fingerprint density at radius 1 is 1.14 bits per heavy atom. The number of aromatic amines is 1. The third kappa shape index (κ3) is 4.61. The zero-order chi connectivity index (χ0) is 19.3. The predicted molar refractivity (Wildman–Crippen MR) is 114 cm³/mol. The summed E-state index contributed by atoms with van der Waals surface area (Å²) in [6.07, 6.45) is 9.07. The maximum absolute atomic E-state index is 11.3. The van der Waals surface area contributed by atoms with Crippen molar-refractivity contribution < 1.29 is 4.42 Å². The molecule has 3 aromatic rings. The highest BCUT2D eigenvalue weighted by atomic mass is 16.4. The minimum atomic E-state index is -0.381. The van der Waals surface area contributed by atoms with Gasteiger partial charge in [-0.1, -0.05) is 36.4 Å². The number of aromatic nitrogens is 1. The molecule has 1 unspecified atom stereocenters. The number of benzene rings is 2. The number of fused-ring (bicyclic) bond motifs is 1. The second-order valence-corrected chi connectivity index (χ2v) is 8.05. The van der Waals surface area contributed by atoms with Crippen molar-refractivity contribution in [3.05, 3.63) is 70.2 Å². The molecule has 4 nitrogen and oxygen atoms in total. The second kappa shape index (κ2) is 8.59. The summed E-state index contributed by atoms with van der Waals surface area (Å²) in [6, 6.07) is 17.1. The van der Waals surface area contributed by atoms with Gasteiger partial charge in [0.25, 0.3) is 0 Å². The van der Waals surface area contributed by atoms with E-state index in [0.717, 1.165) is 31.2 Å². The minimum absolute atomic E-state index is 0.372. The molecule has 0 saturated heterocycles. The molecule has 0 amide bonds. The molecule has 1 aliphatic carbocycles. The summed E-state index contributed by atoms with van der Waals surface area (Å²) in [4.78, 5) is 18.9. The van der Waals surface area contributed by atoms with Crippen LogP contribution in [0, 0.1) is 5.92 Å². The lowest BCUT2D eigenvalue weighted by molar-refractivity contribution is 0.395. The minimum Gasteiger partial charge on any atom is -0.408 e. The van der Waals surface area contributed by atoms with Gasteiger partial charge < -0.3 is 4.42 Å². The molecule has 146 valence electrons. The van der Waals surface area contributed by atoms with Gasteiger partial charge in [-0.15, -0.1) is 0 Å². The van der Waals surface area contributed by atoms with E-state index in [1.807, 2.05) is 12.1 Å². The summed E-state index contributed by atoms with van der Waals surface area (Å²) in [5, 5.41) is 0. The molecule has 1 N–H and O–H groups in total. The average molecular weight is 377 g/mol. The Morgan fingerprint density at radius 2 is 1.93 bits per heavy atom. The number of hydrogen-bond acceptors (Lipinski definition) is 3. The van der Waals surface area contributed by atoms with Gasteiger partial charge in [0, 0.05) is 12.3 Å². The first-order valence-electron chi connectivity index (χ1n) is 10.4. The average Bonchev–Trinajstić information content (AvgIpc) is 3.11. The summed E-state index contributed by atoms with van der Waals surface area (Å²) in [5.41, 5.74) is 4.11. The molecule has 28 heavy (non-hydrogen) atoms. The highest BCUT2D eigenvalue weighted by Gasteiger charge is 2.22. The summed E-state index contributed by atoms with van der Waals surface area (Å²) in [6.45, 7) is 2.21. The Bertz CT molecular complexity index is 979. The van der Waals surface area contributed by atoms with Crippen molar-refractivity contribution in [3.63, 3.8) is 0 Å². The van der Waals surface area contributed by atoms with Gasteiger partial charge in [0.05, 0.1) is 5.52 Å². The van der Waals surface area contributed by atoms with Crippen molar-refractivity contribution in [1.29, 1.82) is 0 Å². The van der Waals surface area contributed by atoms with Crippen LogP contribution in [-0.2, 0) is 6.42 Å². The number of H-pyrrole nitrogens is 1. The van der Waals surface area contributed by atoms with Gasteiger partial charge in [-0.3, -0.25) is 9.98 Å². The zero-order valence-corrected chi connectivity index (χ0v) is 16.4. The number of aliphatic imine (C=N–C) groups is 1. The Kier molecular flexibility index (Phi) is 5.75. The Balaban J connectivity index is 1.27. The normalized spacial score (nSPS) is 21.3. The number of hydrogen-bond donors (Lipinski definition) is 1. The molecule has 0 bridgehead atoms. The van der Waals surface area contributed by atoms with Crippen molar-refractivity contribution >= 4 is 17.3 Å². The molecule has 0 radical (unpaired) electrons. The third-order valence-corrected chi connectivity index (χ3v) is 5.93. The van der Waals surface area contributed by atoms with Gasteiger partial charge in [-0.25, -0.2) is 4.79 Å². The van der Waals surface area contributed by atoms with E-state index in [2.05, 4.69) is 54.5 Å². The zero-order valence-electron chi connectivity index (χ0n) is 16.4. The molecular formula is C24H28N2O2. The molecule has 4 heteroatoms. The standard InChI is InChI=1S/C24H28N2O2/c1-17(7-8-18-5-3-2-4-6-18)25-16-19-9-11-20(12-10-19)21-13-14-22-23(15-21)28-24(27)26-22/h2-6,13-17,19-20H,7-12H2,1H3,(H,26,27). The van der Waals surface area contributed by atoms with Crippen molar-refractivity contribution in [3.8, 4) is 0 Å². The van der Waals surface area contributed by atoms with E-state index in [-0.39, 0.29) is 5.76 Å². The summed E-state index contributed by atoms with van der Waals surface area (Å²) >= 11 is 0. The fourth-order valence-corrected chi connectivity index (χ4v) is 4.18. The molecule has 4 rings (SSSR count). The van der Waals surface area contributed by atoms with Gasteiger partial charge >= 0.3 is 5.76 Å². The number of aryl methyl sites for hydroxylation is 1. The largest absolute Gasteiger partial charge is 0.417 e. The lowest BCUT2D eigenvalue weighted by Crippen LogP contribution is -2.15. The van der Waals surface area contributed by atoms with Crippen LogP contribution in [0.5, 0.6) is 0 Å². The number of rotatable bonds is 6. The molecular weight excluding hydrogens is 348 g/mol. The van der Waals surface area contributed by atoms with E-state index < -0.39 is 0 Å². The van der Waals surface area contributed by atoms with Crippen LogP contribution in [0.15, 0.2) is 62.7 Å². The first-order chi connectivity index (χ1) is 13.7. The maximum Gasteiger partial charge on any atom is 0.417 e. The van der Waals surface area contributed by atoms with Gasteiger partial charge in [-0.05, 0) is 80.5 Å². The van der Waals surface area contributed by atoms with Crippen LogP contribution >= 0.6 is 0 Å². The van der Waals surface area contributed by atoms with Crippen molar-refractivity contribution in [1.82, 2.24) is 4.98 Å². The first-order valence-corrected chi connectivity index (χ1v) is 10.4. The Hall–Kier alpha value is -2.62. The SMILES string of the molecule is CC(CCc1ccccc1)N=CC1CCC(c2ccc3[nH]c(=O)oc3c2)CC1. The van der Waals surface area contributed by atoms with Crippen molar-refractivity contribution in [2.75, 3.05) is 0 Å². The smallest absolute Gasteiger partial charge is 0.408 e. The lowest BCUT2D eigenvalue weighted by atomic mass is 9.79. The van der Waals surface area contributed by atoms with E-state index >= 15 is 0 Å². The molecule has 1 aromatic heterocycles. The van der Waals surface area contributed by atoms with E-state index in [1.165, 1.54) is 24.0 Å². The number of nitrogens with one attached hydrogen (secondary N) is 1. The van der Waals surface area contributed by atoms with E-state index in [4.69, 9.17) is 9.41 Å². The highest BCUT2D eigenvalue weighted by Crippen LogP contribution is 2.36. The van der Waals surface area contributed by atoms with Crippen LogP contribution in [-0.4, -0.2) is 17.2 Å². The molecule has 1 saturated carbocycles. The Morgan fingerprint density at radius 3 is 2.71 bits per heavy atom. The van der Waals surface area contributed by atoms with Gasteiger partial charge in [0.2, 0.25) is 0 Å². The van der Waals surface area contributed by atoms with Crippen LogP contribution in [0.25, 0.3) is 11.1 Å². The van der Waals surface area contributed by atoms with Crippen LogP contribution in [0.3, 0.4) is 0 Å². The van der Waals surface area contributed by atoms with Crippen LogP contribution in [0.4, 0.5) is 0 Å². The molecule has 1 aliphatic rings. The van der Waals surface area contributed by atoms with Crippen molar-refractivity contribution in [2.45, 2.75) is 57.4 Å². The predicted octanol–water partition coefficient (Wildman–Crippen LogP) is 5.49. The van der Waals surface area contributed by atoms with Gasteiger partial charge in [0.15, 0.2) is 5.58 Å². The lowest BCUT2D eigenvalue weighted by Gasteiger charge is -2.26. The fraction of sp³-hybridized carbons (Fsp3) is 0.417. The Labute approximate surface area is 165 Å². The second-order valence-electron chi connectivity index (χ2n) is 8.05. The molecule has 2 aromatic carbocycles. The highest BCUT2D eigenvalue weighted by molar-refractivity contribution is 5.73. The number of nitrogens with zero attached hydrogens (tertiary/aromatic N) is 1. The topological polar surface area (TPSA) is 58.4 Å². The quantitative estimate of drug-likeness (QED) is 0.579. The third-order valence-electron chi connectivity index (χ3n) is 5.93. The van der Waals surface area contributed by atoms with E-state index in [9.17, 15) is 4.79 Å². The maximum atomic E-state index is 11.3. The van der Waals surface area contributed by atoms with Crippen LogP contribution in [0.2, 0.25) is 0 Å². The first kappa shape index (κ1) is 18.7. The molecule has 1 atom stereocenters. The van der Waals surface area contributed by atoms with E-state index in [0.29, 0.717) is 23.5 Å². The molecule has 1 fully saturated rings. The van der Waals surface area contributed by atoms with Crippen LogP contribution < -0.4 is 5.76 Å². The van der Waals surface area contributed by atoms with Crippen molar-refractivity contribution in [2.24, 2.45) is 10.9 Å².